The third-order valence-corrected chi connectivity index (χ3v) is 5.51. The molecule has 0 aromatic heterocycles. The molecule has 0 heterocycles. The van der Waals surface area contributed by atoms with Crippen LogP contribution in [0.25, 0.3) is 0 Å². The van der Waals surface area contributed by atoms with Crippen molar-refractivity contribution in [3.8, 4) is 0 Å². The van der Waals surface area contributed by atoms with Gasteiger partial charge in [-0.1, -0.05) is 58.8 Å². The molecule has 9 nitrogen and oxygen atoms in total. The van der Waals surface area contributed by atoms with Crippen LogP contribution >= 0.6 is 0 Å². The molecule has 0 amide bonds. The summed E-state index contributed by atoms with van der Waals surface area (Å²) >= 11 is 0. The van der Waals surface area contributed by atoms with E-state index in [1.54, 1.807) is 0 Å². The lowest BCUT2D eigenvalue weighted by Crippen LogP contribution is -2.15. The molecule has 0 atom stereocenters. The van der Waals surface area contributed by atoms with Crippen molar-refractivity contribution in [2.24, 2.45) is 0 Å². The number of rotatable bonds is 35. The minimum Gasteiger partial charge on any atom is -0.379 e. The first-order valence-corrected chi connectivity index (χ1v) is 15.1. The smallest absolute Gasteiger partial charge is 0.0701 e. The summed E-state index contributed by atoms with van der Waals surface area (Å²) < 4.78 is 49.4. The number of unbranched alkanes of at least 4 members (excludes halogenated alkanes) is 7. The van der Waals surface area contributed by atoms with E-state index in [9.17, 15) is 0 Å². The maximum atomic E-state index is 5.58. The lowest BCUT2D eigenvalue weighted by atomic mass is 10.1. The standard InChI is InChI=1S/C29H60O9/c1-3-5-7-8-9-11-13-31-15-17-33-19-21-35-23-25-37-27-29-38-28-26-36-24-22-34-20-18-32-16-14-30-12-10-6-4-2/h3-29H2,1-2H3. The van der Waals surface area contributed by atoms with Gasteiger partial charge in [0.15, 0.2) is 0 Å². The second-order valence-corrected chi connectivity index (χ2v) is 8.99. The Morgan fingerprint density at radius 2 is 0.395 bits per heavy atom. The monoisotopic (exact) mass is 552 g/mol. The van der Waals surface area contributed by atoms with Crippen molar-refractivity contribution in [1.29, 1.82) is 0 Å². The predicted octanol–water partition coefficient (Wildman–Crippen LogP) is 4.69. The quantitative estimate of drug-likeness (QED) is 0.104. The van der Waals surface area contributed by atoms with Gasteiger partial charge in [-0.05, 0) is 12.8 Å². The van der Waals surface area contributed by atoms with Crippen LogP contribution in [0.1, 0.15) is 71.6 Å². The first-order valence-electron chi connectivity index (χ1n) is 15.1. The molecule has 0 aliphatic carbocycles. The molecule has 0 radical (unpaired) electrons. The molecule has 0 unspecified atom stereocenters. The molecule has 0 N–H and O–H groups in total. The highest BCUT2D eigenvalue weighted by Gasteiger charge is 1.96. The van der Waals surface area contributed by atoms with Crippen molar-refractivity contribution in [3.63, 3.8) is 0 Å². The maximum absolute atomic E-state index is 5.58. The fraction of sp³-hybridized carbons (Fsp3) is 1.00. The first kappa shape index (κ1) is 37.6. The van der Waals surface area contributed by atoms with Crippen molar-refractivity contribution < 1.29 is 42.6 Å². The summed E-state index contributed by atoms with van der Waals surface area (Å²) in [6.07, 6.45) is 11.3. The van der Waals surface area contributed by atoms with E-state index in [2.05, 4.69) is 13.8 Å². The van der Waals surface area contributed by atoms with Gasteiger partial charge in [-0.25, -0.2) is 0 Å². The SMILES string of the molecule is CCCCCCCCOCCOCCOCCOCCOCCOCCOCCOCCOCCCCC. The molecule has 0 rings (SSSR count). The summed E-state index contributed by atoms with van der Waals surface area (Å²) in [4.78, 5) is 0. The molecular formula is C29H60O9. The second-order valence-electron chi connectivity index (χ2n) is 8.99. The molecule has 230 valence electrons. The number of hydrogen-bond donors (Lipinski definition) is 0. The Morgan fingerprint density at radius 3 is 0.684 bits per heavy atom. The van der Waals surface area contributed by atoms with E-state index in [0.717, 1.165) is 26.1 Å². The Kier molecular flexibility index (Phi) is 36.3. The van der Waals surface area contributed by atoms with Crippen molar-refractivity contribution in [2.75, 3.05) is 119 Å². The Balaban J connectivity index is 3.01. The first-order chi connectivity index (χ1) is 18.9. The van der Waals surface area contributed by atoms with Crippen molar-refractivity contribution in [1.82, 2.24) is 0 Å². The van der Waals surface area contributed by atoms with Crippen LogP contribution in [-0.4, -0.2) is 119 Å². The highest BCUT2D eigenvalue weighted by atomic mass is 16.6. The van der Waals surface area contributed by atoms with Gasteiger partial charge in [-0.15, -0.1) is 0 Å². The van der Waals surface area contributed by atoms with Gasteiger partial charge >= 0.3 is 0 Å². The Morgan fingerprint density at radius 1 is 0.211 bits per heavy atom. The average molecular weight is 553 g/mol. The van der Waals surface area contributed by atoms with E-state index in [4.69, 9.17) is 42.6 Å². The van der Waals surface area contributed by atoms with E-state index in [0.29, 0.717) is 106 Å². The van der Waals surface area contributed by atoms with E-state index in [1.807, 2.05) is 0 Å². The third kappa shape index (κ3) is 35.6. The van der Waals surface area contributed by atoms with Crippen LogP contribution in [0.5, 0.6) is 0 Å². The Hall–Kier alpha value is -0.360. The molecule has 0 saturated heterocycles. The zero-order chi connectivity index (χ0) is 27.5. The minimum absolute atomic E-state index is 0.543. The van der Waals surface area contributed by atoms with E-state index >= 15 is 0 Å². The summed E-state index contributed by atoms with van der Waals surface area (Å²) in [5.74, 6) is 0. The maximum Gasteiger partial charge on any atom is 0.0701 e. The van der Waals surface area contributed by atoms with Gasteiger partial charge in [0, 0.05) is 13.2 Å². The molecule has 0 bridgehead atoms. The van der Waals surface area contributed by atoms with Gasteiger partial charge in [-0.2, -0.15) is 0 Å². The fourth-order valence-corrected chi connectivity index (χ4v) is 3.30. The number of ether oxygens (including phenoxy) is 9. The van der Waals surface area contributed by atoms with Gasteiger partial charge < -0.3 is 42.6 Å². The van der Waals surface area contributed by atoms with Crippen LogP contribution in [0.15, 0.2) is 0 Å². The van der Waals surface area contributed by atoms with Gasteiger partial charge in [0.2, 0.25) is 0 Å². The van der Waals surface area contributed by atoms with Crippen LogP contribution < -0.4 is 0 Å². The highest BCUT2D eigenvalue weighted by molar-refractivity contribution is 4.44. The van der Waals surface area contributed by atoms with Crippen LogP contribution in [0.3, 0.4) is 0 Å². The van der Waals surface area contributed by atoms with Crippen LogP contribution in [0.2, 0.25) is 0 Å². The Labute approximate surface area is 233 Å². The van der Waals surface area contributed by atoms with Crippen LogP contribution in [-0.2, 0) is 42.6 Å². The van der Waals surface area contributed by atoms with Gasteiger partial charge in [-0.3, -0.25) is 0 Å². The largest absolute Gasteiger partial charge is 0.379 e. The van der Waals surface area contributed by atoms with Crippen molar-refractivity contribution in [2.45, 2.75) is 71.6 Å². The van der Waals surface area contributed by atoms with Crippen LogP contribution in [0, 0.1) is 0 Å². The second kappa shape index (κ2) is 36.6. The highest BCUT2D eigenvalue weighted by Crippen LogP contribution is 2.04. The van der Waals surface area contributed by atoms with Crippen LogP contribution in [0.4, 0.5) is 0 Å². The zero-order valence-corrected chi connectivity index (χ0v) is 24.8. The van der Waals surface area contributed by atoms with Crippen molar-refractivity contribution in [3.05, 3.63) is 0 Å². The molecule has 0 saturated carbocycles. The van der Waals surface area contributed by atoms with Gasteiger partial charge in [0.05, 0.1) is 106 Å². The molecular weight excluding hydrogens is 492 g/mol. The summed E-state index contributed by atoms with van der Waals surface area (Å²) in [6, 6.07) is 0. The average Bonchev–Trinajstić information content (AvgIpc) is 2.93. The summed E-state index contributed by atoms with van der Waals surface area (Å²) in [5, 5.41) is 0. The fourth-order valence-electron chi connectivity index (χ4n) is 3.30. The van der Waals surface area contributed by atoms with E-state index in [1.165, 1.54) is 44.9 Å². The molecule has 0 aromatic carbocycles. The minimum atomic E-state index is 0.543. The normalized spacial score (nSPS) is 11.5. The molecule has 38 heavy (non-hydrogen) atoms. The molecule has 0 aliphatic rings. The summed E-state index contributed by atoms with van der Waals surface area (Å²) in [6.45, 7) is 15.3. The molecule has 9 heteroatoms. The molecule has 0 spiro atoms. The van der Waals surface area contributed by atoms with Crippen molar-refractivity contribution >= 4 is 0 Å². The van der Waals surface area contributed by atoms with E-state index < -0.39 is 0 Å². The zero-order valence-electron chi connectivity index (χ0n) is 24.8. The van der Waals surface area contributed by atoms with Gasteiger partial charge in [0.1, 0.15) is 0 Å². The molecule has 0 fully saturated rings. The molecule has 0 aromatic rings. The third-order valence-electron chi connectivity index (χ3n) is 5.51. The van der Waals surface area contributed by atoms with Gasteiger partial charge in [0.25, 0.3) is 0 Å². The topological polar surface area (TPSA) is 83.1 Å². The lowest BCUT2D eigenvalue weighted by molar-refractivity contribution is -0.0250. The lowest BCUT2D eigenvalue weighted by Gasteiger charge is -2.09. The Bertz CT molecular complexity index is 366. The summed E-state index contributed by atoms with van der Waals surface area (Å²) in [7, 11) is 0. The predicted molar refractivity (Wildman–Crippen MR) is 150 cm³/mol. The summed E-state index contributed by atoms with van der Waals surface area (Å²) in [5.41, 5.74) is 0. The van der Waals surface area contributed by atoms with E-state index in [-0.39, 0.29) is 0 Å². The number of hydrogen-bond acceptors (Lipinski definition) is 9. The molecule has 0 aliphatic heterocycles.